The molecule has 1 N–H and O–H groups in total. The number of halogens is 1. The van der Waals surface area contributed by atoms with E-state index in [4.69, 9.17) is 11.6 Å². The minimum atomic E-state index is 0.501. The van der Waals surface area contributed by atoms with Crippen molar-refractivity contribution in [3.05, 3.63) is 5.15 Å². The first-order valence-electron chi connectivity index (χ1n) is 6.78. The van der Waals surface area contributed by atoms with E-state index in [0.717, 1.165) is 36.9 Å². The van der Waals surface area contributed by atoms with Crippen LogP contribution in [0.2, 0.25) is 5.15 Å². The van der Waals surface area contributed by atoms with Gasteiger partial charge in [-0.3, -0.25) is 0 Å². The van der Waals surface area contributed by atoms with Crippen molar-refractivity contribution in [1.82, 2.24) is 14.9 Å². The lowest BCUT2D eigenvalue weighted by Gasteiger charge is -2.20. The van der Waals surface area contributed by atoms with Crippen LogP contribution in [0.15, 0.2) is 4.90 Å². The first-order valence-corrected chi connectivity index (χ1v) is 8.38. The van der Waals surface area contributed by atoms with Gasteiger partial charge in [-0.05, 0) is 19.3 Å². The van der Waals surface area contributed by atoms with E-state index >= 15 is 0 Å². The molecule has 0 aliphatic heterocycles. The smallest absolute Gasteiger partial charge is 0.228 e. The van der Waals surface area contributed by atoms with Gasteiger partial charge in [0, 0.05) is 27.2 Å². The van der Waals surface area contributed by atoms with E-state index in [2.05, 4.69) is 34.0 Å². The normalized spacial score (nSPS) is 10.9. The summed E-state index contributed by atoms with van der Waals surface area (Å²) in [5.74, 6) is 1.44. The minimum Gasteiger partial charge on any atom is -0.368 e. The van der Waals surface area contributed by atoms with E-state index in [0.29, 0.717) is 11.1 Å². The molecule has 7 heteroatoms. The molecule has 5 nitrogen and oxygen atoms in total. The molecule has 0 saturated heterocycles. The van der Waals surface area contributed by atoms with Crippen molar-refractivity contribution in [3.63, 3.8) is 0 Å². The van der Waals surface area contributed by atoms with Gasteiger partial charge in [-0.25, -0.2) is 0 Å². The van der Waals surface area contributed by atoms with Crippen LogP contribution in [0.4, 0.5) is 11.8 Å². The van der Waals surface area contributed by atoms with Gasteiger partial charge in [-0.1, -0.05) is 25.4 Å². The third-order valence-corrected chi connectivity index (χ3v) is 4.21. The maximum atomic E-state index is 6.23. The highest BCUT2D eigenvalue weighted by Crippen LogP contribution is 2.31. The average Bonchev–Trinajstić information content (AvgIpc) is 2.43. The summed E-state index contributed by atoms with van der Waals surface area (Å²) in [4.78, 5) is 13.9. The second kappa shape index (κ2) is 8.54. The lowest BCUT2D eigenvalue weighted by atomic mass is 10.4. The van der Waals surface area contributed by atoms with Gasteiger partial charge >= 0.3 is 0 Å². The molecular formula is C13H24ClN5S. The number of likely N-dealkylation sites (N-methyl/N-ethyl adjacent to an activating group) is 1. The fourth-order valence-electron chi connectivity index (χ4n) is 1.78. The number of hydrogen-bond donors (Lipinski definition) is 1. The van der Waals surface area contributed by atoms with Crippen LogP contribution in [-0.4, -0.2) is 61.4 Å². The summed E-state index contributed by atoms with van der Waals surface area (Å²) >= 11 is 7.79. The second-order valence-corrected chi connectivity index (χ2v) is 5.72. The molecule has 114 valence electrons. The summed E-state index contributed by atoms with van der Waals surface area (Å²) in [6.07, 6.45) is 1.98. The number of thioether (sulfide) groups is 1. The average molecular weight is 318 g/mol. The van der Waals surface area contributed by atoms with Gasteiger partial charge in [0.05, 0.1) is 4.90 Å². The molecule has 0 amide bonds. The standard InChI is InChI=1S/C13H24ClN5S/c1-6-19(7-2)9-8-15-12-10(20-5)11(14)16-13(17-12)18(3)4/h6-9H2,1-5H3,(H,15,16,17). The minimum absolute atomic E-state index is 0.501. The fraction of sp³-hybridized carbons (Fsp3) is 0.692. The molecule has 0 fully saturated rings. The molecule has 0 bridgehead atoms. The summed E-state index contributed by atoms with van der Waals surface area (Å²) in [7, 11) is 3.81. The molecule has 1 aromatic heterocycles. The van der Waals surface area contributed by atoms with E-state index < -0.39 is 0 Å². The molecule has 0 atom stereocenters. The van der Waals surface area contributed by atoms with Gasteiger partial charge in [0.25, 0.3) is 0 Å². The van der Waals surface area contributed by atoms with E-state index in [9.17, 15) is 0 Å². The molecular weight excluding hydrogens is 294 g/mol. The number of aromatic nitrogens is 2. The molecule has 0 aliphatic carbocycles. The van der Waals surface area contributed by atoms with Crippen LogP contribution < -0.4 is 10.2 Å². The number of hydrogen-bond acceptors (Lipinski definition) is 6. The Morgan fingerprint density at radius 3 is 2.35 bits per heavy atom. The highest BCUT2D eigenvalue weighted by Gasteiger charge is 2.13. The lowest BCUT2D eigenvalue weighted by Crippen LogP contribution is -2.29. The quantitative estimate of drug-likeness (QED) is 0.587. The Hall–Kier alpha value is -0.720. The third kappa shape index (κ3) is 4.68. The van der Waals surface area contributed by atoms with E-state index in [1.54, 1.807) is 11.8 Å². The van der Waals surface area contributed by atoms with Gasteiger partial charge in [0.2, 0.25) is 5.95 Å². The monoisotopic (exact) mass is 317 g/mol. The molecule has 0 aliphatic rings. The van der Waals surface area contributed by atoms with Crippen LogP contribution >= 0.6 is 23.4 Å². The van der Waals surface area contributed by atoms with Crippen LogP contribution in [-0.2, 0) is 0 Å². The van der Waals surface area contributed by atoms with Crippen LogP contribution in [0.5, 0.6) is 0 Å². The first kappa shape index (κ1) is 17.3. The fourth-order valence-corrected chi connectivity index (χ4v) is 2.71. The van der Waals surface area contributed by atoms with Gasteiger partial charge < -0.3 is 15.1 Å². The Balaban J connectivity index is 2.81. The molecule has 0 aromatic carbocycles. The molecule has 20 heavy (non-hydrogen) atoms. The molecule has 0 saturated carbocycles. The maximum Gasteiger partial charge on any atom is 0.228 e. The van der Waals surface area contributed by atoms with E-state index in [1.807, 2.05) is 25.3 Å². The van der Waals surface area contributed by atoms with Crippen molar-refractivity contribution >= 4 is 35.1 Å². The zero-order valence-corrected chi connectivity index (χ0v) is 14.5. The van der Waals surface area contributed by atoms with Crippen LogP contribution in [0.1, 0.15) is 13.8 Å². The van der Waals surface area contributed by atoms with Crippen LogP contribution in [0.3, 0.4) is 0 Å². The van der Waals surface area contributed by atoms with Crippen molar-refractivity contribution in [2.24, 2.45) is 0 Å². The first-order chi connectivity index (χ1) is 9.53. The summed E-state index contributed by atoms with van der Waals surface area (Å²) in [5.41, 5.74) is 0. The lowest BCUT2D eigenvalue weighted by molar-refractivity contribution is 0.316. The highest BCUT2D eigenvalue weighted by atomic mass is 35.5. The Morgan fingerprint density at radius 1 is 1.20 bits per heavy atom. The van der Waals surface area contributed by atoms with Gasteiger partial charge in [0.15, 0.2) is 0 Å². The van der Waals surface area contributed by atoms with E-state index in [1.165, 1.54) is 0 Å². The van der Waals surface area contributed by atoms with Gasteiger partial charge in [-0.15, -0.1) is 11.8 Å². The number of nitrogens with one attached hydrogen (secondary N) is 1. The predicted molar refractivity (Wildman–Crippen MR) is 89.4 cm³/mol. The summed E-state index contributed by atoms with van der Waals surface area (Å²) in [6, 6.07) is 0. The predicted octanol–water partition coefficient (Wildman–Crippen LogP) is 2.67. The Kier molecular flexibility index (Phi) is 7.40. The molecule has 0 spiro atoms. The van der Waals surface area contributed by atoms with Crippen molar-refractivity contribution in [1.29, 1.82) is 0 Å². The SMILES string of the molecule is CCN(CC)CCNc1nc(N(C)C)nc(Cl)c1SC. The Morgan fingerprint density at radius 2 is 1.85 bits per heavy atom. The number of rotatable bonds is 8. The van der Waals surface area contributed by atoms with Crippen molar-refractivity contribution in [3.8, 4) is 0 Å². The van der Waals surface area contributed by atoms with Crippen LogP contribution in [0.25, 0.3) is 0 Å². The highest BCUT2D eigenvalue weighted by molar-refractivity contribution is 7.98. The summed E-state index contributed by atoms with van der Waals surface area (Å²) in [6.45, 7) is 8.28. The third-order valence-electron chi connectivity index (χ3n) is 3.03. The zero-order valence-electron chi connectivity index (χ0n) is 12.9. The number of nitrogens with zero attached hydrogens (tertiary/aromatic N) is 4. The van der Waals surface area contributed by atoms with Crippen molar-refractivity contribution < 1.29 is 0 Å². The van der Waals surface area contributed by atoms with E-state index in [-0.39, 0.29) is 0 Å². The topological polar surface area (TPSA) is 44.3 Å². The summed E-state index contributed by atoms with van der Waals surface area (Å²) in [5, 5.41) is 3.88. The Labute approximate surface area is 131 Å². The maximum absolute atomic E-state index is 6.23. The molecule has 0 radical (unpaired) electrons. The number of anilines is 2. The van der Waals surface area contributed by atoms with Gasteiger partial charge in [0.1, 0.15) is 11.0 Å². The Bertz CT molecular complexity index is 423. The van der Waals surface area contributed by atoms with Crippen molar-refractivity contribution in [2.45, 2.75) is 18.7 Å². The molecule has 0 unspecified atom stereocenters. The van der Waals surface area contributed by atoms with Crippen molar-refractivity contribution in [2.75, 3.05) is 56.7 Å². The van der Waals surface area contributed by atoms with Crippen LogP contribution in [0, 0.1) is 0 Å². The largest absolute Gasteiger partial charge is 0.368 e. The second-order valence-electron chi connectivity index (χ2n) is 4.54. The summed E-state index contributed by atoms with van der Waals surface area (Å²) < 4.78 is 0. The zero-order chi connectivity index (χ0) is 15.1. The molecule has 1 heterocycles. The molecule has 1 rings (SSSR count). The molecule has 1 aromatic rings. The van der Waals surface area contributed by atoms with Gasteiger partial charge in [-0.2, -0.15) is 9.97 Å².